The van der Waals surface area contributed by atoms with Crippen molar-refractivity contribution < 1.29 is 19.1 Å². The maximum Gasteiger partial charge on any atom is 0.223 e. The lowest BCUT2D eigenvalue weighted by molar-refractivity contribution is -0.120. The molecule has 0 bridgehead atoms. The van der Waals surface area contributed by atoms with E-state index in [2.05, 4.69) is 33.8 Å². The molecule has 1 fully saturated rings. The number of carbonyl (C=O) groups is 3. The number of methoxy groups -OCH3 is 1. The summed E-state index contributed by atoms with van der Waals surface area (Å²) in [6.45, 7) is 5.21. The number of ether oxygens (including phenoxy) is 1. The summed E-state index contributed by atoms with van der Waals surface area (Å²) in [5.74, 6) is 1.51. The number of rotatable bonds is 17. The van der Waals surface area contributed by atoms with Crippen molar-refractivity contribution in [3.63, 3.8) is 0 Å². The lowest BCUT2D eigenvalue weighted by atomic mass is 10.1. The summed E-state index contributed by atoms with van der Waals surface area (Å²) in [7, 11) is 5.58. The van der Waals surface area contributed by atoms with E-state index >= 15 is 0 Å². The van der Waals surface area contributed by atoms with E-state index < -0.39 is 0 Å². The molecule has 0 spiro atoms. The van der Waals surface area contributed by atoms with Crippen LogP contribution in [0.1, 0.15) is 51.0 Å². The summed E-state index contributed by atoms with van der Waals surface area (Å²) in [6.07, 6.45) is 11.2. The second-order valence-corrected chi connectivity index (χ2v) is 12.2. The van der Waals surface area contributed by atoms with Gasteiger partial charge < -0.3 is 20.7 Å². The number of para-hydroxylation sites is 1. The van der Waals surface area contributed by atoms with E-state index in [9.17, 15) is 14.4 Å². The molecule has 10 heteroatoms. The first-order valence-electron chi connectivity index (χ1n) is 13.6. The molecule has 1 aromatic rings. The van der Waals surface area contributed by atoms with Crippen molar-refractivity contribution in [3.8, 4) is 5.75 Å². The molecule has 2 aliphatic rings. The maximum absolute atomic E-state index is 12.5. The summed E-state index contributed by atoms with van der Waals surface area (Å²) >= 11 is 0. The first-order chi connectivity index (χ1) is 19.0. The van der Waals surface area contributed by atoms with Gasteiger partial charge in [-0.25, -0.2) is 0 Å². The highest BCUT2D eigenvalue weighted by Gasteiger charge is 2.19. The van der Waals surface area contributed by atoms with Crippen LogP contribution in [0.4, 0.5) is 0 Å². The molecule has 3 rings (SSSR count). The van der Waals surface area contributed by atoms with E-state index in [-0.39, 0.29) is 23.2 Å². The van der Waals surface area contributed by atoms with E-state index in [1.165, 1.54) is 36.7 Å². The number of allylic oxidation sites excluding steroid dienone is 2. The van der Waals surface area contributed by atoms with Gasteiger partial charge in [-0.1, -0.05) is 53.1 Å². The van der Waals surface area contributed by atoms with Crippen molar-refractivity contribution in [1.29, 1.82) is 0 Å². The number of nitrogens with zero attached hydrogens (tertiary/aromatic N) is 1. The van der Waals surface area contributed by atoms with Crippen LogP contribution in [0, 0.1) is 0 Å². The number of hydrogen-bond acceptors (Lipinski definition) is 9. The van der Waals surface area contributed by atoms with Crippen molar-refractivity contribution in [3.05, 3.63) is 65.8 Å². The molecule has 1 heterocycles. The molecule has 1 unspecified atom stereocenters. The molecule has 1 atom stereocenters. The number of unbranched alkanes of at least 4 members (excludes halogenated alkanes) is 1. The molecule has 3 N–H and O–H groups in total. The predicted octanol–water partition coefficient (Wildman–Crippen LogP) is 4.31. The summed E-state index contributed by atoms with van der Waals surface area (Å²) < 4.78 is 5.45. The van der Waals surface area contributed by atoms with Crippen LogP contribution in [0.5, 0.6) is 5.75 Å². The normalized spacial score (nSPS) is 17.4. The standard InChI is InChI=1S/C29H40N4O4S2/c1-3-33(21-22-9-4-6-11-28(22)37-2)17-8-14-30-24-19-27(35)25(20-26(24)34)31-15-16-32-29(36)12-7-5-10-23-13-18-38-39-23/h4,6,9,11,15-16,19-20,23,30-31H,3,5,7-8,10,12-14,17-18,21H2,1-2H3,(H,32,36)/b16-15-. The van der Waals surface area contributed by atoms with E-state index in [1.54, 1.807) is 7.11 Å². The number of benzene rings is 1. The van der Waals surface area contributed by atoms with Crippen LogP contribution in [0.25, 0.3) is 0 Å². The number of carbonyl (C=O) groups excluding carboxylic acids is 3. The molecule has 0 aromatic heterocycles. The average molecular weight is 573 g/mol. The van der Waals surface area contributed by atoms with Crippen molar-refractivity contribution in [2.75, 3.05) is 32.5 Å². The molecule has 1 aliphatic heterocycles. The van der Waals surface area contributed by atoms with Gasteiger partial charge in [0.15, 0.2) is 0 Å². The van der Waals surface area contributed by atoms with Crippen LogP contribution >= 0.6 is 21.6 Å². The maximum atomic E-state index is 12.5. The minimum absolute atomic E-state index is 0.0579. The Morgan fingerprint density at radius 1 is 1.10 bits per heavy atom. The average Bonchev–Trinajstić information content (AvgIpc) is 3.46. The molecule has 1 aliphatic carbocycles. The molecule has 1 amide bonds. The van der Waals surface area contributed by atoms with Gasteiger partial charge in [-0.3, -0.25) is 19.3 Å². The van der Waals surface area contributed by atoms with Crippen molar-refractivity contribution in [2.24, 2.45) is 0 Å². The topological polar surface area (TPSA) is 99.8 Å². The van der Waals surface area contributed by atoms with Gasteiger partial charge >= 0.3 is 0 Å². The minimum Gasteiger partial charge on any atom is -0.496 e. The van der Waals surface area contributed by atoms with Gasteiger partial charge in [-0.15, -0.1) is 0 Å². The SMILES string of the molecule is CCN(CCCNC1=CC(=O)C(N/C=C\NC(=O)CCCCC2CCSS2)=CC1=O)Cc1ccccc1OC. The molecule has 1 aromatic carbocycles. The summed E-state index contributed by atoms with van der Waals surface area (Å²) in [6, 6.07) is 7.99. The highest BCUT2D eigenvalue weighted by Crippen LogP contribution is 2.39. The zero-order valence-corrected chi connectivity index (χ0v) is 24.5. The monoisotopic (exact) mass is 572 g/mol. The van der Waals surface area contributed by atoms with Gasteiger partial charge in [0.2, 0.25) is 17.5 Å². The number of nitrogens with one attached hydrogen (secondary N) is 3. The predicted molar refractivity (Wildman–Crippen MR) is 160 cm³/mol. The fourth-order valence-electron chi connectivity index (χ4n) is 4.32. The third-order valence-electron chi connectivity index (χ3n) is 6.56. The summed E-state index contributed by atoms with van der Waals surface area (Å²) in [5, 5.41) is 9.34. The van der Waals surface area contributed by atoms with Gasteiger partial charge in [0.05, 0.1) is 18.5 Å². The Morgan fingerprint density at radius 3 is 2.67 bits per heavy atom. The van der Waals surface area contributed by atoms with Crippen LogP contribution in [-0.4, -0.2) is 60.1 Å². The van der Waals surface area contributed by atoms with Crippen molar-refractivity contribution >= 4 is 39.1 Å². The smallest absolute Gasteiger partial charge is 0.223 e. The number of hydrogen-bond donors (Lipinski definition) is 3. The molecule has 0 saturated carbocycles. The second kappa shape index (κ2) is 17.1. The van der Waals surface area contributed by atoms with Crippen LogP contribution in [0.3, 0.4) is 0 Å². The Kier molecular flexibility index (Phi) is 13.5. The first-order valence-corrected chi connectivity index (χ1v) is 16.0. The van der Waals surface area contributed by atoms with Crippen LogP contribution in [-0.2, 0) is 20.9 Å². The fourth-order valence-corrected chi connectivity index (χ4v) is 7.35. The zero-order chi connectivity index (χ0) is 27.9. The second-order valence-electron chi connectivity index (χ2n) is 9.43. The third kappa shape index (κ3) is 10.8. The number of ketones is 2. The zero-order valence-electron chi connectivity index (χ0n) is 22.9. The fraction of sp³-hybridized carbons (Fsp3) is 0.483. The molecule has 212 valence electrons. The quantitative estimate of drug-likeness (QED) is 0.143. The third-order valence-corrected chi connectivity index (χ3v) is 9.56. The van der Waals surface area contributed by atoms with Crippen LogP contribution in [0.15, 0.2) is 60.2 Å². The Labute approximate surface area is 239 Å². The molecular weight excluding hydrogens is 532 g/mol. The Morgan fingerprint density at radius 2 is 1.90 bits per heavy atom. The summed E-state index contributed by atoms with van der Waals surface area (Å²) in [4.78, 5) is 39.3. The first kappa shape index (κ1) is 30.8. The molecule has 0 radical (unpaired) electrons. The van der Waals surface area contributed by atoms with Gasteiger partial charge in [0, 0.05) is 67.2 Å². The van der Waals surface area contributed by atoms with Crippen LogP contribution < -0.4 is 20.7 Å². The Bertz CT molecular complexity index is 1070. The van der Waals surface area contributed by atoms with Gasteiger partial charge in [-0.05, 0) is 38.3 Å². The van der Waals surface area contributed by atoms with Gasteiger partial charge in [0.1, 0.15) is 5.75 Å². The highest BCUT2D eigenvalue weighted by molar-refractivity contribution is 8.77. The lowest BCUT2D eigenvalue weighted by Crippen LogP contribution is -2.31. The van der Waals surface area contributed by atoms with E-state index in [0.717, 1.165) is 61.9 Å². The van der Waals surface area contributed by atoms with E-state index in [4.69, 9.17) is 4.74 Å². The van der Waals surface area contributed by atoms with Crippen molar-refractivity contribution in [1.82, 2.24) is 20.9 Å². The molecule has 8 nitrogen and oxygen atoms in total. The van der Waals surface area contributed by atoms with E-state index in [0.29, 0.717) is 18.7 Å². The summed E-state index contributed by atoms with van der Waals surface area (Å²) in [5.41, 5.74) is 1.61. The Balaban J connectivity index is 1.32. The minimum atomic E-state index is -0.289. The van der Waals surface area contributed by atoms with E-state index in [1.807, 2.05) is 39.8 Å². The molecule has 39 heavy (non-hydrogen) atoms. The van der Waals surface area contributed by atoms with Crippen LogP contribution in [0.2, 0.25) is 0 Å². The van der Waals surface area contributed by atoms with Gasteiger partial charge in [-0.2, -0.15) is 0 Å². The molecular formula is C29H40N4O4S2. The number of amides is 1. The Hall–Kier alpha value is -2.69. The highest BCUT2D eigenvalue weighted by atomic mass is 33.1. The van der Waals surface area contributed by atoms with Gasteiger partial charge in [0.25, 0.3) is 0 Å². The lowest BCUT2D eigenvalue weighted by Gasteiger charge is -2.22. The largest absolute Gasteiger partial charge is 0.496 e. The molecule has 1 saturated heterocycles. The van der Waals surface area contributed by atoms with Crippen molar-refractivity contribution in [2.45, 2.75) is 57.2 Å².